The van der Waals surface area contributed by atoms with Gasteiger partial charge in [-0.2, -0.15) is 0 Å². The van der Waals surface area contributed by atoms with Crippen LogP contribution in [0.25, 0.3) is 11.3 Å². The van der Waals surface area contributed by atoms with Gasteiger partial charge in [-0.1, -0.05) is 42.5 Å². The first-order valence-corrected chi connectivity index (χ1v) is 9.23. The molecule has 0 unspecified atom stereocenters. The summed E-state index contributed by atoms with van der Waals surface area (Å²) in [6, 6.07) is 15.3. The van der Waals surface area contributed by atoms with Crippen molar-refractivity contribution in [3.05, 3.63) is 75.9 Å². The van der Waals surface area contributed by atoms with Crippen molar-refractivity contribution in [1.82, 2.24) is 15.6 Å². The van der Waals surface area contributed by atoms with Crippen LogP contribution in [0.15, 0.2) is 58.9 Å². The normalized spacial score (nSPS) is 11.0. The SMILES string of the molecule is CN=C(NCc1ccc(C)c(F)c1)NCc1nc(-c2ccccc2)cs1.I. The van der Waals surface area contributed by atoms with Crippen LogP contribution >= 0.6 is 35.3 Å². The predicted molar refractivity (Wildman–Crippen MR) is 121 cm³/mol. The second kappa shape index (κ2) is 10.4. The smallest absolute Gasteiger partial charge is 0.191 e. The third-order valence-electron chi connectivity index (χ3n) is 3.95. The number of hydrogen-bond acceptors (Lipinski definition) is 3. The number of guanidine groups is 1. The Morgan fingerprint density at radius 3 is 2.56 bits per heavy atom. The van der Waals surface area contributed by atoms with Crippen LogP contribution in [0.1, 0.15) is 16.1 Å². The fourth-order valence-corrected chi connectivity index (χ4v) is 3.19. The van der Waals surface area contributed by atoms with E-state index in [4.69, 9.17) is 0 Å². The van der Waals surface area contributed by atoms with E-state index in [0.717, 1.165) is 21.8 Å². The number of benzene rings is 2. The topological polar surface area (TPSA) is 49.3 Å². The standard InChI is InChI=1S/C20H21FN4S.HI/c1-14-8-9-15(10-17(14)21)11-23-20(22-2)24-12-19-25-18(13-26-19)16-6-4-3-5-7-16;/h3-10,13H,11-12H2,1-2H3,(H2,22,23,24);1H. The molecule has 0 aliphatic carbocycles. The molecule has 0 aliphatic heterocycles. The Bertz CT molecular complexity index is 896. The summed E-state index contributed by atoms with van der Waals surface area (Å²) in [5, 5.41) is 9.46. The van der Waals surface area contributed by atoms with Crippen LogP contribution in [-0.2, 0) is 13.1 Å². The van der Waals surface area contributed by atoms with E-state index in [2.05, 4.69) is 26.0 Å². The molecular weight excluding hydrogens is 474 g/mol. The van der Waals surface area contributed by atoms with E-state index in [1.54, 1.807) is 37.4 Å². The van der Waals surface area contributed by atoms with Crippen LogP contribution in [0.5, 0.6) is 0 Å². The molecule has 7 heteroatoms. The van der Waals surface area contributed by atoms with Crippen LogP contribution < -0.4 is 10.6 Å². The van der Waals surface area contributed by atoms with Crippen molar-refractivity contribution in [3.8, 4) is 11.3 Å². The average molecular weight is 496 g/mol. The van der Waals surface area contributed by atoms with Gasteiger partial charge in [-0.05, 0) is 24.1 Å². The Morgan fingerprint density at radius 1 is 1.11 bits per heavy atom. The van der Waals surface area contributed by atoms with E-state index in [1.807, 2.05) is 36.4 Å². The maximum atomic E-state index is 13.6. The minimum absolute atomic E-state index is 0. The van der Waals surface area contributed by atoms with Gasteiger partial charge in [0.1, 0.15) is 10.8 Å². The number of aliphatic imine (C=N–C) groups is 1. The van der Waals surface area contributed by atoms with Crippen molar-refractivity contribution < 1.29 is 4.39 Å². The highest BCUT2D eigenvalue weighted by atomic mass is 127. The third kappa shape index (κ3) is 6.00. The lowest BCUT2D eigenvalue weighted by atomic mass is 10.1. The quantitative estimate of drug-likeness (QED) is 0.305. The van der Waals surface area contributed by atoms with E-state index >= 15 is 0 Å². The Labute approximate surface area is 180 Å². The first-order chi connectivity index (χ1) is 12.7. The van der Waals surface area contributed by atoms with E-state index in [0.29, 0.717) is 24.6 Å². The van der Waals surface area contributed by atoms with Gasteiger partial charge in [-0.3, -0.25) is 4.99 Å². The van der Waals surface area contributed by atoms with E-state index in [-0.39, 0.29) is 29.8 Å². The number of hydrogen-bond donors (Lipinski definition) is 2. The van der Waals surface area contributed by atoms with Crippen molar-refractivity contribution in [2.75, 3.05) is 7.05 Å². The zero-order valence-corrected chi connectivity index (χ0v) is 18.3. The van der Waals surface area contributed by atoms with Gasteiger partial charge in [0, 0.05) is 24.5 Å². The van der Waals surface area contributed by atoms with Crippen LogP contribution in [-0.4, -0.2) is 18.0 Å². The number of nitrogens with zero attached hydrogens (tertiary/aromatic N) is 2. The number of halogens is 2. The zero-order valence-electron chi connectivity index (χ0n) is 15.2. The molecule has 0 aliphatic rings. The fourth-order valence-electron chi connectivity index (χ4n) is 2.45. The van der Waals surface area contributed by atoms with Crippen LogP contribution in [0.2, 0.25) is 0 Å². The Kier molecular flexibility index (Phi) is 8.18. The summed E-state index contributed by atoms with van der Waals surface area (Å²) in [6.07, 6.45) is 0. The largest absolute Gasteiger partial charge is 0.352 e. The predicted octanol–water partition coefficient (Wildman–Crippen LogP) is 4.74. The third-order valence-corrected chi connectivity index (χ3v) is 4.80. The maximum Gasteiger partial charge on any atom is 0.191 e. The Morgan fingerprint density at radius 2 is 1.85 bits per heavy atom. The number of aromatic nitrogens is 1. The fraction of sp³-hybridized carbons (Fsp3) is 0.200. The summed E-state index contributed by atoms with van der Waals surface area (Å²) < 4.78 is 13.6. The van der Waals surface area contributed by atoms with Gasteiger partial charge < -0.3 is 10.6 Å². The highest BCUT2D eigenvalue weighted by Gasteiger charge is 2.06. The molecule has 0 radical (unpaired) electrons. The molecule has 4 nitrogen and oxygen atoms in total. The van der Waals surface area contributed by atoms with Gasteiger partial charge in [0.2, 0.25) is 0 Å². The summed E-state index contributed by atoms with van der Waals surface area (Å²) in [4.78, 5) is 8.85. The molecule has 1 heterocycles. The highest BCUT2D eigenvalue weighted by molar-refractivity contribution is 14.0. The zero-order chi connectivity index (χ0) is 18.4. The van der Waals surface area contributed by atoms with Crippen molar-refractivity contribution in [2.45, 2.75) is 20.0 Å². The monoisotopic (exact) mass is 496 g/mol. The molecule has 142 valence electrons. The molecule has 0 saturated carbocycles. The second-order valence-corrected chi connectivity index (χ2v) is 6.80. The molecule has 0 bridgehead atoms. The lowest BCUT2D eigenvalue weighted by Crippen LogP contribution is -2.36. The van der Waals surface area contributed by atoms with Gasteiger partial charge in [-0.15, -0.1) is 35.3 Å². The molecular formula is C20H22FIN4S. The first kappa shape index (κ1) is 21.3. The minimum Gasteiger partial charge on any atom is -0.352 e. The van der Waals surface area contributed by atoms with Gasteiger partial charge in [0.05, 0.1) is 12.2 Å². The summed E-state index contributed by atoms with van der Waals surface area (Å²) in [5.41, 5.74) is 3.61. The lowest BCUT2D eigenvalue weighted by Gasteiger charge is -2.11. The van der Waals surface area contributed by atoms with Crippen molar-refractivity contribution in [1.29, 1.82) is 0 Å². The Balaban J connectivity index is 0.00000261. The second-order valence-electron chi connectivity index (χ2n) is 5.86. The summed E-state index contributed by atoms with van der Waals surface area (Å²) in [5.74, 6) is 0.464. The van der Waals surface area contributed by atoms with Crippen LogP contribution in [0.3, 0.4) is 0 Å². The van der Waals surface area contributed by atoms with Gasteiger partial charge in [-0.25, -0.2) is 9.37 Å². The summed E-state index contributed by atoms with van der Waals surface area (Å²) >= 11 is 1.61. The molecule has 0 amide bonds. The van der Waals surface area contributed by atoms with E-state index in [9.17, 15) is 4.39 Å². The molecule has 27 heavy (non-hydrogen) atoms. The van der Waals surface area contributed by atoms with Crippen molar-refractivity contribution in [3.63, 3.8) is 0 Å². The molecule has 2 aromatic carbocycles. The van der Waals surface area contributed by atoms with Crippen LogP contribution in [0, 0.1) is 12.7 Å². The molecule has 0 fully saturated rings. The molecule has 2 N–H and O–H groups in total. The van der Waals surface area contributed by atoms with Gasteiger partial charge in [0.15, 0.2) is 5.96 Å². The van der Waals surface area contributed by atoms with Crippen molar-refractivity contribution in [2.24, 2.45) is 4.99 Å². The lowest BCUT2D eigenvalue weighted by molar-refractivity contribution is 0.615. The number of thiazole rings is 1. The summed E-state index contributed by atoms with van der Waals surface area (Å²) in [6.45, 7) is 2.84. The Hall–Kier alpha value is -2.00. The minimum atomic E-state index is -0.191. The molecule has 0 saturated heterocycles. The molecule has 1 aromatic heterocycles. The van der Waals surface area contributed by atoms with E-state index in [1.165, 1.54) is 0 Å². The molecule has 3 rings (SSSR count). The average Bonchev–Trinajstić information content (AvgIpc) is 3.14. The van der Waals surface area contributed by atoms with Gasteiger partial charge in [0.25, 0.3) is 0 Å². The number of aryl methyl sites for hydroxylation is 1. The molecule has 3 aromatic rings. The van der Waals surface area contributed by atoms with Crippen molar-refractivity contribution >= 4 is 41.3 Å². The molecule has 0 spiro atoms. The number of rotatable bonds is 5. The maximum absolute atomic E-state index is 13.6. The van der Waals surface area contributed by atoms with E-state index < -0.39 is 0 Å². The first-order valence-electron chi connectivity index (χ1n) is 8.35. The molecule has 0 atom stereocenters. The number of nitrogens with one attached hydrogen (secondary N) is 2. The van der Waals surface area contributed by atoms with Crippen LogP contribution in [0.4, 0.5) is 4.39 Å². The highest BCUT2D eigenvalue weighted by Crippen LogP contribution is 2.21. The summed E-state index contributed by atoms with van der Waals surface area (Å²) in [7, 11) is 1.71. The van der Waals surface area contributed by atoms with Gasteiger partial charge >= 0.3 is 0 Å².